The van der Waals surface area contributed by atoms with Gasteiger partial charge in [0.1, 0.15) is 0 Å². The van der Waals surface area contributed by atoms with Crippen LogP contribution in [0.15, 0.2) is 12.4 Å². The summed E-state index contributed by atoms with van der Waals surface area (Å²) in [5.74, 6) is 0. The molecule has 1 aromatic heterocycles. The van der Waals surface area contributed by atoms with Crippen molar-refractivity contribution in [3.8, 4) is 6.19 Å². The van der Waals surface area contributed by atoms with Crippen LogP contribution in [0.5, 0.6) is 0 Å². The first kappa shape index (κ1) is 8.53. The molecule has 0 aromatic carbocycles. The van der Waals surface area contributed by atoms with Gasteiger partial charge in [0.15, 0.2) is 0 Å². The van der Waals surface area contributed by atoms with E-state index in [0.717, 1.165) is 5.56 Å². The first-order valence-corrected chi connectivity index (χ1v) is 4.26. The Balaban J connectivity index is 3.01. The van der Waals surface area contributed by atoms with Crippen LogP contribution in [0.4, 0.5) is 0 Å². The van der Waals surface area contributed by atoms with Crippen molar-refractivity contribution in [3.63, 3.8) is 0 Å². The highest BCUT2D eigenvalue weighted by atomic mass is 127. The SMILES string of the molecule is CC(C)(I)c1cnn(C#N)c1. The first-order chi connectivity index (χ1) is 5.04. The van der Waals surface area contributed by atoms with Crippen LogP contribution in [0.3, 0.4) is 0 Å². The Kier molecular flexibility index (Phi) is 2.18. The highest BCUT2D eigenvalue weighted by molar-refractivity contribution is 14.1. The molecule has 0 aliphatic rings. The molecule has 11 heavy (non-hydrogen) atoms. The van der Waals surface area contributed by atoms with E-state index in [1.54, 1.807) is 12.4 Å². The Labute approximate surface area is 79.2 Å². The zero-order valence-electron chi connectivity index (χ0n) is 6.37. The molecule has 0 bridgehead atoms. The Morgan fingerprint density at radius 1 is 1.73 bits per heavy atom. The second kappa shape index (κ2) is 2.81. The van der Waals surface area contributed by atoms with Gasteiger partial charge in [0.05, 0.1) is 6.20 Å². The minimum absolute atomic E-state index is 0.0485. The molecule has 1 heterocycles. The Morgan fingerprint density at radius 3 is 2.64 bits per heavy atom. The van der Waals surface area contributed by atoms with Gasteiger partial charge >= 0.3 is 0 Å². The predicted molar refractivity (Wildman–Crippen MR) is 50.3 cm³/mol. The molecule has 0 spiro atoms. The summed E-state index contributed by atoms with van der Waals surface area (Å²) in [6.07, 6.45) is 5.38. The van der Waals surface area contributed by atoms with Gasteiger partial charge in [-0.3, -0.25) is 0 Å². The molecule has 3 nitrogen and oxygen atoms in total. The van der Waals surface area contributed by atoms with Gasteiger partial charge in [-0.1, -0.05) is 22.6 Å². The van der Waals surface area contributed by atoms with Gasteiger partial charge < -0.3 is 0 Å². The summed E-state index contributed by atoms with van der Waals surface area (Å²) in [5, 5.41) is 12.3. The van der Waals surface area contributed by atoms with Crippen LogP contribution in [-0.2, 0) is 3.42 Å². The average molecular weight is 261 g/mol. The van der Waals surface area contributed by atoms with Crippen LogP contribution in [0.1, 0.15) is 19.4 Å². The lowest BCUT2D eigenvalue weighted by atomic mass is 10.1. The van der Waals surface area contributed by atoms with Crippen molar-refractivity contribution < 1.29 is 0 Å². The number of hydrogen-bond donors (Lipinski definition) is 0. The van der Waals surface area contributed by atoms with Crippen LogP contribution >= 0.6 is 22.6 Å². The molecule has 0 amide bonds. The highest BCUT2D eigenvalue weighted by Crippen LogP contribution is 2.29. The fraction of sp³-hybridized carbons (Fsp3) is 0.429. The summed E-state index contributed by atoms with van der Waals surface area (Å²) in [7, 11) is 0. The van der Waals surface area contributed by atoms with E-state index in [0.29, 0.717) is 0 Å². The van der Waals surface area contributed by atoms with Crippen LogP contribution in [0.2, 0.25) is 0 Å². The van der Waals surface area contributed by atoms with Crippen molar-refractivity contribution in [2.45, 2.75) is 17.3 Å². The topological polar surface area (TPSA) is 41.6 Å². The van der Waals surface area contributed by atoms with Crippen molar-refractivity contribution in [3.05, 3.63) is 18.0 Å². The van der Waals surface area contributed by atoms with E-state index in [1.165, 1.54) is 4.68 Å². The number of halogens is 1. The van der Waals surface area contributed by atoms with Gasteiger partial charge in [0.2, 0.25) is 6.19 Å². The summed E-state index contributed by atoms with van der Waals surface area (Å²) < 4.78 is 1.31. The van der Waals surface area contributed by atoms with Gasteiger partial charge in [-0.25, -0.2) is 0 Å². The monoisotopic (exact) mass is 261 g/mol. The molecule has 0 fully saturated rings. The van der Waals surface area contributed by atoms with Crippen molar-refractivity contribution in [1.29, 1.82) is 5.26 Å². The molecule has 0 saturated heterocycles. The van der Waals surface area contributed by atoms with E-state index in [1.807, 2.05) is 6.19 Å². The van der Waals surface area contributed by atoms with Crippen molar-refractivity contribution in [2.75, 3.05) is 0 Å². The van der Waals surface area contributed by atoms with Gasteiger partial charge in [0.25, 0.3) is 0 Å². The number of aromatic nitrogens is 2. The lowest BCUT2D eigenvalue weighted by Gasteiger charge is -2.11. The quantitative estimate of drug-likeness (QED) is 0.572. The van der Waals surface area contributed by atoms with Gasteiger partial charge in [-0.15, -0.1) is 0 Å². The number of nitrogens with zero attached hydrogens (tertiary/aromatic N) is 3. The lowest BCUT2D eigenvalue weighted by Crippen LogP contribution is -2.04. The largest absolute Gasteiger partial charge is 0.206 e. The number of hydrogen-bond acceptors (Lipinski definition) is 2. The molecule has 0 atom stereocenters. The van der Waals surface area contributed by atoms with Crippen LogP contribution in [0.25, 0.3) is 0 Å². The van der Waals surface area contributed by atoms with E-state index in [2.05, 4.69) is 41.5 Å². The minimum atomic E-state index is 0.0485. The first-order valence-electron chi connectivity index (χ1n) is 3.18. The fourth-order valence-corrected chi connectivity index (χ4v) is 0.963. The van der Waals surface area contributed by atoms with Crippen LogP contribution < -0.4 is 0 Å². The standard InChI is InChI=1S/C7H8IN3/c1-7(2,8)6-3-10-11(4-6)5-9/h3-4H,1-2H3. The zero-order valence-corrected chi connectivity index (χ0v) is 8.53. The third kappa shape index (κ3) is 1.93. The molecule has 0 unspecified atom stereocenters. The van der Waals surface area contributed by atoms with Crippen molar-refractivity contribution >= 4 is 22.6 Å². The Bertz CT molecular complexity index is 289. The summed E-state index contributed by atoms with van der Waals surface area (Å²) in [6.45, 7) is 4.15. The summed E-state index contributed by atoms with van der Waals surface area (Å²) in [6, 6.07) is 0. The van der Waals surface area contributed by atoms with E-state index in [-0.39, 0.29) is 3.42 Å². The van der Waals surface area contributed by atoms with Crippen LogP contribution in [0, 0.1) is 11.5 Å². The third-order valence-electron chi connectivity index (χ3n) is 1.37. The minimum Gasteiger partial charge on any atom is -0.174 e. The maximum Gasteiger partial charge on any atom is 0.206 e. The van der Waals surface area contributed by atoms with E-state index in [4.69, 9.17) is 5.26 Å². The van der Waals surface area contributed by atoms with Gasteiger partial charge in [-0.2, -0.15) is 15.0 Å². The Hall–Kier alpha value is -0.570. The summed E-state index contributed by atoms with van der Waals surface area (Å²) in [4.78, 5) is 0. The maximum absolute atomic E-state index is 8.46. The normalized spacial score (nSPS) is 11.1. The average Bonchev–Trinajstić information content (AvgIpc) is 2.32. The smallest absolute Gasteiger partial charge is 0.174 e. The molecule has 0 saturated carbocycles. The molecule has 1 aromatic rings. The lowest BCUT2D eigenvalue weighted by molar-refractivity contribution is 0.825. The van der Waals surface area contributed by atoms with E-state index in [9.17, 15) is 0 Å². The van der Waals surface area contributed by atoms with Gasteiger partial charge in [0, 0.05) is 15.2 Å². The number of nitriles is 1. The maximum atomic E-state index is 8.46. The van der Waals surface area contributed by atoms with Gasteiger partial charge in [-0.05, 0) is 13.8 Å². The third-order valence-corrected chi connectivity index (χ3v) is 1.99. The molecule has 0 N–H and O–H groups in total. The van der Waals surface area contributed by atoms with E-state index < -0.39 is 0 Å². The molecule has 0 aliphatic carbocycles. The number of alkyl halides is 1. The summed E-state index contributed by atoms with van der Waals surface area (Å²) in [5.41, 5.74) is 1.07. The molecular weight excluding hydrogens is 253 g/mol. The highest BCUT2D eigenvalue weighted by Gasteiger charge is 2.17. The molecule has 58 valence electrons. The molecule has 0 aliphatic heterocycles. The van der Waals surface area contributed by atoms with Crippen LogP contribution in [-0.4, -0.2) is 9.78 Å². The Morgan fingerprint density at radius 2 is 2.36 bits per heavy atom. The predicted octanol–water partition coefficient (Wildman–Crippen LogP) is 1.88. The second-order valence-electron chi connectivity index (χ2n) is 2.75. The molecule has 0 radical (unpaired) electrons. The zero-order chi connectivity index (χ0) is 8.48. The number of rotatable bonds is 1. The molecular formula is C7H8IN3. The second-order valence-corrected chi connectivity index (χ2v) is 5.44. The van der Waals surface area contributed by atoms with Crippen molar-refractivity contribution in [1.82, 2.24) is 9.78 Å². The van der Waals surface area contributed by atoms with Crippen molar-refractivity contribution in [2.24, 2.45) is 0 Å². The molecule has 1 rings (SSSR count). The van der Waals surface area contributed by atoms with E-state index >= 15 is 0 Å². The molecule has 4 heteroatoms. The fourth-order valence-electron chi connectivity index (χ4n) is 0.684. The summed E-state index contributed by atoms with van der Waals surface area (Å²) >= 11 is 2.31.